The highest BCUT2D eigenvalue weighted by Gasteiger charge is 2.24. The van der Waals surface area contributed by atoms with Crippen LogP contribution < -0.4 is 5.32 Å². The first-order valence-electron chi connectivity index (χ1n) is 9.36. The third-order valence-corrected chi connectivity index (χ3v) is 5.26. The van der Waals surface area contributed by atoms with Gasteiger partial charge in [-0.05, 0) is 55.2 Å². The summed E-state index contributed by atoms with van der Waals surface area (Å²) in [6, 6.07) is 13.6. The van der Waals surface area contributed by atoms with E-state index in [0.29, 0.717) is 5.56 Å². The topological polar surface area (TPSA) is 46.2 Å². The summed E-state index contributed by atoms with van der Waals surface area (Å²) in [5, 5.41) is 3.87. The van der Waals surface area contributed by atoms with Gasteiger partial charge >= 0.3 is 0 Å². The quantitative estimate of drug-likeness (QED) is 0.732. The van der Waals surface area contributed by atoms with Crippen LogP contribution in [0.5, 0.6) is 0 Å². The second-order valence-corrected chi connectivity index (χ2v) is 8.30. The molecule has 2 aromatic carbocycles. The minimum absolute atomic E-state index is 0.0159. The van der Waals surface area contributed by atoms with Crippen molar-refractivity contribution in [3.05, 3.63) is 69.7 Å². The molecule has 0 aromatic heterocycles. The fraction of sp³-hybridized carbons (Fsp3) is 0.409. The number of rotatable bonds is 3. The van der Waals surface area contributed by atoms with Gasteiger partial charge in [0.15, 0.2) is 0 Å². The van der Waals surface area contributed by atoms with Crippen LogP contribution in [0.25, 0.3) is 0 Å². The number of nitrogens with one attached hydrogen (secondary N) is 1. The van der Waals surface area contributed by atoms with Crippen LogP contribution in [0.1, 0.15) is 60.3 Å². The molecule has 0 bridgehead atoms. The molecule has 148 valence electrons. The van der Waals surface area contributed by atoms with Crippen LogP contribution in [0.3, 0.4) is 0 Å². The zero-order valence-electron chi connectivity index (χ0n) is 16.8. The Kier molecular flexibility index (Phi) is 10.3. The summed E-state index contributed by atoms with van der Waals surface area (Å²) in [7, 11) is -0.573. The third-order valence-electron chi connectivity index (χ3n) is 4.21. The number of hydrogen-bond acceptors (Lipinski definition) is 2. The molecule has 1 aliphatic carbocycles. The van der Waals surface area contributed by atoms with Crippen molar-refractivity contribution in [2.45, 2.75) is 46.6 Å². The van der Waals surface area contributed by atoms with Crippen LogP contribution in [-0.2, 0) is 17.2 Å². The van der Waals surface area contributed by atoms with Crippen molar-refractivity contribution in [1.29, 1.82) is 0 Å². The maximum atomic E-state index is 12.3. The summed E-state index contributed by atoms with van der Waals surface area (Å²) in [5.41, 5.74) is 4.29. The van der Waals surface area contributed by atoms with E-state index in [4.69, 9.17) is 11.6 Å². The summed E-state index contributed by atoms with van der Waals surface area (Å²) in [4.78, 5) is 12.3. The Morgan fingerprint density at radius 3 is 2.33 bits per heavy atom. The lowest BCUT2D eigenvalue weighted by molar-refractivity contribution is 0.0936. The highest BCUT2D eigenvalue weighted by atomic mass is 35.5. The van der Waals surface area contributed by atoms with Crippen molar-refractivity contribution in [3.63, 3.8) is 0 Å². The van der Waals surface area contributed by atoms with E-state index in [0.717, 1.165) is 29.2 Å². The SMILES string of the molecule is CC.CCS(C)=O.Cc1ccc(C(=O)NC2CCc3cc(Cl)ccc32)cc1. The largest absolute Gasteiger partial charge is 0.345 e. The van der Waals surface area contributed by atoms with Gasteiger partial charge in [0.1, 0.15) is 0 Å². The average molecular weight is 408 g/mol. The molecule has 2 atom stereocenters. The fourth-order valence-electron chi connectivity index (χ4n) is 2.68. The van der Waals surface area contributed by atoms with Gasteiger partial charge in [0.2, 0.25) is 0 Å². The minimum Gasteiger partial charge on any atom is -0.345 e. The zero-order chi connectivity index (χ0) is 20.4. The molecule has 3 rings (SSSR count). The number of carbonyl (C=O) groups excluding carboxylic acids is 1. The van der Waals surface area contributed by atoms with Crippen molar-refractivity contribution < 1.29 is 9.00 Å². The zero-order valence-corrected chi connectivity index (χ0v) is 18.4. The normalized spacial score (nSPS) is 15.4. The van der Waals surface area contributed by atoms with Gasteiger partial charge in [0.05, 0.1) is 6.04 Å². The summed E-state index contributed by atoms with van der Waals surface area (Å²) < 4.78 is 9.92. The molecule has 0 saturated carbocycles. The summed E-state index contributed by atoms with van der Waals surface area (Å²) in [6.45, 7) is 7.91. The number of carbonyl (C=O) groups is 1. The van der Waals surface area contributed by atoms with Crippen molar-refractivity contribution in [3.8, 4) is 0 Å². The van der Waals surface area contributed by atoms with Gasteiger partial charge in [-0.25, -0.2) is 0 Å². The highest BCUT2D eigenvalue weighted by Crippen LogP contribution is 2.33. The summed E-state index contributed by atoms with van der Waals surface area (Å²) in [5.74, 6) is 0.762. The molecule has 27 heavy (non-hydrogen) atoms. The van der Waals surface area contributed by atoms with Gasteiger partial charge < -0.3 is 5.32 Å². The molecule has 1 N–H and O–H groups in total. The first-order valence-corrected chi connectivity index (χ1v) is 11.5. The van der Waals surface area contributed by atoms with E-state index in [1.807, 2.05) is 70.2 Å². The molecule has 0 fully saturated rings. The van der Waals surface area contributed by atoms with Crippen LogP contribution in [0.2, 0.25) is 5.02 Å². The Morgan fingerprint density at radius 2 is 1.78 bits per heavy atom. The van der Waals surface area contributed by atoms with Crippen molar-refractivity contribution in [1.82, 2.24) is 5.32 Å². The van der Waals surface area contributed by atoms with Crippen molar-refractivity contribution >= 4 is 28.3 Å². The number of halogens is 1. The Labute approximate surface area is 171 Å². The van der Waals surface area contributed by atoms with Crippen LogP contribution >= 0.6 is 11.6 Å². The summed E-state index contributed by atoms with van der Waals surface area (Å²) >= 11 is 6.00. The van der Waals surface area contributed by atoms with E-state index in [1.165, 1.54) is 11.1 Å². The second kappa shape index (κ2) is 11.9. The van der Waals surface area contributed by atoms with E-state index < -0.39 is 10.8 Å². The summed E-state index contributed by atoms with van der Waals surface area (Å²) in [6.07, 6.45) is 3.60. The molecule has 0 heterocycles. The fourth-order valence-corrected chi connectivity index (χ4v) is 2.88. The van der Waals surface area contributed by atoms with Gasteiger partial charge in [0, 0.05) is 33.4 Å². The molecule has 2 aromatic rings. The van der Waals surface area contributed by atoms with E-state index in [-0.39, 0.29) is 11.9 Å². The Bertz CT molecular complexity index is 759. The molecule has 0 saturated heterocycles. The monoisotopic (exact) mass is 407 g/mol. The standard InChI is InChI=1S/C17H16ClNO.C3H8OS.C2H6/c1-11-2-4-12(5-3-11)17(20)19-16-9-6-13-10-14(18)7-8-15(13)16;1-3-5(2)4;1-2/h2-5,7-8,10,16H,6,9H2,1H3,(H,19,20);3H2,1-2H3;1-2H3. The first-order chi connectivity index (χ1) is 12.9. The van der Waals surface area contributed by atoms with Gasteiger partial charge in [-0.3, -0.25) is 9.00 Å². The Balaban J connectivity index is 0.000000454. The molecule has 1 aliphatic rings. The lowest BCUT2D eigenvalue weighted by atomic mass is 10.1. The molecule has 0 aliphatic heterocycles. The number of fused-ring (bicyclic) bond motifs is 1. The number of aryl methyl sites for hydroxylation is 2. The van der Waals surface area contributed by atoms with Crippen LogP contribution in [0.15, 0.2) is 42.5 Å². The van der Waals surface area contributed by atoms with Crippen LogP contribution in [-0.4, -0.2) is 22.1 Å². The van der Waals surface area contributed by atoms with E-state index in [9.17, 15) is 9.00 Å². The van der Waals surface area contributed by atoms with E-state index in [2.05, 4.69) is 5.32 Å². The van der Waals surface area contributed by atoms with Crippen LogP contribution in [0.4, 0.5) is 0 Å². The molecule has 0 spiro atoms. The lowest BCUT2D eigenvalue weighted by Gasteiger charge is -2.14. The van der Waals surface area contributed by atoms with Gasteiger partial charge in [-0.1, -0.05) is 56.1 Å². The lowest BCUT2D eigenvalue weighted by Crippen LogP contribution is -2.27. The smallest absolute Gasteiger partial charge is 0.251 e. The minimum atomic E-state index is -0.573. The molecule has 0 radical (unpaired) electrons. The van der Waals surface area contributed by atoms with Gasteiger partial charge in [0.25, 0.3) is 5.91 Å². The van der Waals surface area contributed by atoms with Gasteiger partial charge in [-0.2, -0.15) is 0 Å². The average Bonchev–Trinajstić information content (AvgIpc) is 3.06. The van der Waals surface area contributed by atoms with Crippen molar-refractivity contribution in [2.75, 3.05) is 12.0 Å². The van der Waals surface area contributed by atoms with E-state index in [1.54, 1.807) is 6.26 Å². The van der Waals surface area contributed by atoms with Gasteiger partial charge in [-0.15, -0.1) is 0 Å². The predicted octanol–water partition coefficient (Wildman–Crippen LogP) is 5.48. The maximum Gasteiger partial charge on any atom is 0.251 e. The number of hydrogen-bond donors (Lipinski definition) is 1. The molecule has 5 heteroatoms. The third kappa shape index (κ3) is 7.47. The number of benzene rings is 2. The molecular formula is C22H30ClNO2S. The predicted molar refractivity (Wildman–Crippen MR) is 117 cm³/mol. The second-order valence-electron chi connectivity index (χ2n) is 6.14. The molecule has 3 nitrogen and oxygen atoms in total. The van der Waals surface area contributed by atoms with Crippen molar-refractivity contribution in [2.24, 2.45) is 0 Å². The maximum absolute atomic E-state index is 12.3. The first kappa shape index (κ1) is 23.4. The number of amides is 1. The molecule has 2 unspecified atom stereocenters. The Morgan fingerprint density at radius 1 is 1.19 bits per heavy atom. The van der Waals surface area contributed by atoms with Crippen LogP contribution in [0, 0.1) is 6.92 Å². The highest BCUT2D eigenvalue weighted by molar-refractivity contribution is 7.84. The molecular weight excluding hydrogens is 378 g/mol. The molecule has 1 amide bonds. The Hall–Kier alpha value is -1.65. The van der Waals surface area contributed by atoms with E-state index >= 15 is 0 Å².